The Morgan fingerprint density at radius 1 is 1.43 bits per heavy atom. The third-order valence-corrected chi connectivity index (χ3v) is 1.98. The summed E-state index contributed by atoms with van der Waals surface area (Å²) in [6.07, 6.45) is -0.551. The van der Waals surface area contributed by atoms with E-state index in [1.165, 1.54) is 6.92 Å². The summed E-state index contributed by atoms with van der Waals surface area (Å²) >= 11 is 0. The molecule has 1 aromatic carbocycles. The van der Waals surface area contributed by atoms with E-state index < -0.39 is 6.10 Å². The maximum absolute atomic E-state index is 10.8. The van der Waals surface area contributed by atoms with E-state index in [0.717, 1.165) is 11.3 Å². The van der Waals surface area contributed by atoms with E-state index in [1.54, 1.807) is 31.4 Å². The predicted molar refractivity (Wildman–Crippen MR) is 53.3 cm³/mol. The molecule has 0 saturated carbocycles. The van der Waals surface area contributed by atoms with Gasteiger partial charge in [-0.2, -0.15) is 0 Å². The third kappa shape index (κ3) is 2.85. The lowest BCUT2D eigenvalue weighted by Crippen LogP contribution is -2.02. The van der Waals surface area contributed by atoms with Gasteiger partial charge in [0.25, 0.3) is 0 Å². The number of rotatable bonds is 4. The van der Waals surface area contributed by atoms with Gasteiger partial charge in [-0.25, -0.2) is 0 Å². The van der Waals surface area contributed by atoms with E-state index >= 15 is 0 Å². The molecular formula is C11H14O3. The fourth-order valence-electron chi connectivity index (χ4n) is 1.22. The molecule has 0 bridgehead atoms. The lowest BCUT2D eigenvalue weighted by atomic mass is 10.0. The minimum absolute atomic E-state index is 0.0201. The molecule has 0 spiro atoms. The zero-order chi connectivity index (χ0) is 10.6. The molecular weight excluding hydrogens is 180 g/mol. The van der Waals surface area contributed by atoms with Gasteiger partial charge >= 0.3 is 0 Å². The van der Waals surface area contributed by atoms with Crippen LogP contribution in [-0.2, 0) is 4.79 Å². The summed E-state index contributed by atoms with van der Waals surface area (Å²) in [4.78, 5) is 10.8. The number of Topliss-reactive ketones (excluding diaryl/α,β-unsaturated/α-hetero) is 1. The Bertz CT molecular complexity index is 303. The number of carbonyl (C=O) groups excluding carboxylic acids is 1. The van der Waals surface area contributed by atoms with Gasteiger partial charge in [-0.3, -0.25) is 4.79 Å². The standard InChI is InChI=1S/C11H14O3/c1-8(12)7-11(13)9-3-5-10(14-2)6-4-9/h3-6,11,13H,7H2,1-2H3/t11-/m1/s1. The molecule has 0 aliphatic rings. The maximum atomic E-state index is 10.8. The molecule has 76 valence electrons. The van der Waals surface area contributed by atoms with Crippen molar-refractivity contribution in [2.75, 3.05) is 7.11 Å². The van der Waals surface area contributed by atoms with Crippen LogP contribution in [0.4, 0.5) is 0 Å². The topological polar surface area (TPSA) is 46.5 Å². The third-order valence-electron chi connectivity index (χ3n) is 1.98. The van der Waals surface area contributed by atoms with Crippen molar-refractivity contribution >= 4 is 5.78 Å². The van der Waals surface area contributed by atoms with Crippen molar-refractivity contribution in [2.24, 2.45) is 0 Å². The number of hydrogen-bond donors (Lipinski definition) is 1. The number of methoxy groups -OCH3 is 1. The smallest absolute Gasteiger partial charge is 0.132 e. The fraction of sp³-hybridized carbons (Fsp3) is 0.364. The van der Waals surface area contributed by atoms with Gasteiger partial charge in [0.15, 0.2) is 0 Å². The van der Waals surface area contributed by atoms with Gasteiger partial charge in [0.1, 0.15) is 11.5 Å². The lowest BCUT2D eigenvalue weighted by Gasteiger charge is -2.09. The quantitative estimate of drug-likeness (QED) is 0.793. The van der Waals surface area contributed by atoms with E-state index in [9.17, 15) is 9.90 Å². The van der Waals surface area contributed by atoms with E-state index in [4.69, 9.17) is 4.74 Å². The Morgan fingerprint density at radius 3 is 2.43 bits per heavy atom. The number of ketones is 1. The van der Waals surface area contributed by atoms with Crippen molar-refractivity contribution in [3.05, 3.63) is 29.8 Å². The molecule has 1 N–H and O–H groups in total. The highest BCUT2D eigenvalue weighted by molar-refractivity contribution is 5.76. The van der Waals surface area contributed by atoms with Gasteiger partial charge in [-0.05, 0) is 24.6 Å². The molecule has 0 aliphatic heterocycles. The minimum atomic E-state index is -0.710. The van der Waals surface area contributed by atoms with Crippen LogP contribution in [-0.4, -0.2) is 18.0 Å². The Balaban J connectivity index is 2.71. The highest BCUT2D eigenvalue weighted by Gasteiger charge is 2.09. The second-order valence-electron chi connectivity index (χ2n) is 3.20. The van der Waals surface area contributed by atoms with Crippen LogP contribution in [0.3, 0.4) is 0 Å². The largest absolute Gasteiger partial charge is 0.497 e. The average molecular weight is 194 g/mol. The van der Waals surface area contributed by atoms with Crippen molar-refractivity contribution in [1.82, 2.24) is 0 Å². The first-order valence-corrected chi connectivity index (χ1v) is 4.45. The first kappa shape index (κ1) is 10.7. The van der Waals surface area contributed by atoms with Crippen molar-refractivity contribution in [3.63, 3.8) is 0 Å². The monoisotopic (exact) mass is 194 g/mol. The first-order chi connectivity index (χ1) is 6.63. The van der Waals surface area contributed by atoms with Crippen molar-refractivity contribution < 1.29 is 14.6 Å². The Hall–Kier alpha value is -1.35. The molecule has 0 saturated heterocycles. The van der Waals surface area contributed by atoms with Crippen LogP contribution in [0.25, 0.3) is 0 Å². The summed E-state index contributed by atoms with van der Waals surface area (Å²) in [5.74, 6) is 0.720. The molecule has 0 radical (unpaired) electrons. The van der Waals surface area contributed by atoms with Crippen molar-refractivity contribution in [3.8, 4) is 5.75 Å². The van der Waals surface area contributed by atoms with E-state index in [1.807, 2.05) is 0 Å². The summed E-state index contributed by atoms with van der Waals surface area (Å²) in [6.45, 7) is 1.47. The number of carbonyl (C=O) groups is 1. The van der Waals surface area contributed by atoms with E-state index in [-0.39, 0.29) is 12.2 Å². The SMILES string of the molecule is COc1ccc([C@H](O)CC(C)=O)cc1. The second kappa shape index (κ2) is 4.77. The van der Waals surface area contributed by atoms with Gasteiger partial charge < -0.3 is 9.84 Å². The zero-order valence-corrected chi connectivity index (χ0v) is 8.36. The molecule has 0 fully saturated rings. The van der Waals surface area contributed by atoms with Gasteiger partial charge in [0, 0.05) is 6.42 Å². The van der Waals surface area contributed by atoms with Gasteiger partial charge in [0.2, 0.25) is 0 Å². The molecule has 0 unspecified atom stereocenters. The van der Waals surface area contributed by atoms with Crippen molar-refractivity contribution in [2.45, 2.75) is 19.4 Å². The molecule has 0 amide bonds. The number of aliphatic hydroxyl groups is 1. The normalized spacial score (nSPS) is 12.2. The van der Waals surface area contributed by atoms with Crippen LogP contribution >= 0.6 is 0 Å². The number of hydrogen-bond acceptors (Lipinski definition) is 3. The molecule has 1 atom stereocenters. The fourth-order valence-corrected chi connectivity index (χ4v) is 1.22. The summed E-state index contributed by atoms with van der Waals surface area (Å²) in [5, 5.41) is 9.59. The Morgan fingerprint density at radius 2 is 2.00 bits per heavy atom. The van der Waals surface area contributed by atoms with Crippen LogP contribution < -0.4 is 4.74 Å². The van der Waals surface area contributed by atoms with Crippen LogP contribution in [0, 0.1) is 0 Å². The molecule has 14 heavy (non-hydrogen) atoms. The van der Waals surface area contributed by atoms with Crippen LogP contribution in [0.5, 0.6) is 5.75 Å². The van der Waals surface area contributed by atoms with Gasteiger partial charge in [-0.15, -0.1) is 0 Å². The molecule has 1 aromatic rings. The Kier molecular flexibility index (Phi) is 3.65. The molecule has 3 heteroatoms. The van der Waals surface area contributed by atoms with Gasteiger partial charge in [-0.1, -0.05) is 12.1 Å². The Labute approximate surface area is 83.3 Å². The second-order valence-corrected chi connectivity index (χ2v) is 3.20. The van der Waals surface area contributed by atoms with Crippen LogP contribution in [0.2, 0.25) is 0 Å². The molecule has 3 nitrogen and oxygen atoms in total. The molecule has 0 aliphatic carbocycles. The van der Waals surface area contributed by atoms with Gasteiger partial charge in [0.05, 0.1) is 13.2 Å². The maximum Gasteiger partial charge on any atom is 0.132 e. The van der Waals surface area contributed by atoms with E-state index in [0.29, 0.717) is 0 Å². The average Bonchev–Trinajstić information content (AvgIpc) is 2.17. The molecule has 1 rings (SSSR count). The summed E-state index contributed by atoms with van der Waals surface area (Å²) in [6, 6.07) is 7.04. The number of ether oxygens (including phenoxy) is 1. The van der Waals surface area contributed by atoms with Crippen molar-refractivity contribution in [1.29, 1.82) is 0 Å². The number of aliphatic hydroxyl groups excluding tert-OH is 1. The summed E-state index contributed by atoms with van der Waals surface area (Å²) < 4.78 is 4.98. The van der Waals surface area contributed by atoms with Crippen LogP contribution in [0.1, 0.15) is 25.0 Å². The molecule has 0 aromatic heterocycles. The van der Waals surface area contributed by atoms with E-state index in [2.05, 4.69) is 0 Å². The predicted octanol–water partition coefficient (Wildman–Crippen LogP) is 1.71. The minimum Gasteiger partial charge on any atom is -0.497 e. The first-order valence-electron chi connectivity index (χ1n) is 4.45. The number of benzene rings is 1. The lowest BCUT2D eigenvalue weighted by molar-refractivity contribution is -0.118. The summed E-state index contributed by atoms with van der Waals surface area (Å²) in [7, 11) is 1.58. The highest BCUT2D eigenvalue weighted by Crippen LogP contribution is 2.19. The molecule has 0 heterocycles. The van der Waals surface area contributed by atoms with Crippen LogP contribution in [0.15, 0.2) is 24.3 Å². The summed E-state index contributed by atoms with van der Waals surface area (Å²) in [5.41, 5.74) is 0.737. The zero-order valence-electron chi connectivity index (χ0n) is 8.36. The highest BCUT2D eigenvalue weighted by atomic mass is 16.5.